The van der Waals surface area contributed by atoms with Crippen molar-refractivity contribution < 1.29 is 19.5 Å². The molecule has 0 saturated heterocycles. The Balaban J connectivity index is 1.52. The molecule has 2 amide bonds. The summed E-state index contributed by atoms with van der Waals surface area (Å²) in [4.78, 5) is 38.7. The van der Waals surface area contributed by atoms with Gasteiger partial charge in [-0.2, -0.15) is 0 Å². The Morgan fingerprint density at radius 1 is 0.769 bits per heavy atom. The summed E-state index contributed by atoms with van der Waals surface area (Å²) in [6, 6.07) is 20.4. The maximum atomic E-state index is 13.1. The highest BCUT2D eigenvalue weighted by Gasteiger charge is 2.29. The lowest BCUT2D eigenvalue weighted by Gasteiger charge is -2.16. The quantitative estimate of drug-likeness (QED) is 0.104. The summed E-state index contributed by atoms with van der Waals surface area (Å²) >= 11 is 25.6. The minimum absolute atomic E-state index is 0.157. The Kier molecular flexibility index (Phi) is 9.31. The molecule has 0 radical (unpaired) electrons. The Bertz CT molecular complexity index is 1610. The van der Waals surface area contributed by atoms with Crippen molar-refractivity contribution in [1.82, 2.24) is 0 Å². The molecular weight excluding hydrogens is 602 g/mol. The molecule has 0 fully saturated rings. The molecule has 0 spiro atoms. The molecule has 1 unspecified atom stereocenters. The molecule has 1 atom stereocenters. The van der Waals surface area contributed by atoms with Gasteiger partial charge in [0.1, 0.15) is 0 Å². The van der Waals surface area contributed by atoms with Crippen LogP contribution in [0.5, 0.6) is 0 Å². The number of carbonyl (C=O) groups excluding carboxylic acids is 2. The molecule has 0 heterocycles. The SMILES string of the molecule is CCC(Sc1cccc(NC(=O)c2c(Cl)c(Cl)c(Cl)c(Cl)c2C(=O)O)c1)C(=O)Nc1ccc2ccccc2c1. The van der Waals surface area contributed by atoms with E-state index in [4.69, 9.17) is 46.4 Å². The largest absolute Gasteiger partial charge is 0.478 e. The zero-order chi connectivity index (χ0) is 28.3. The number of aromatic carboxylic acids is 1. The Labute approximate surface area is 248 Å². The van der Waals surface area contributed by atoms with Crippen LogP contribution in [0.15, 0.2) is 71.6 Å². The summed E-state index contributed by atoms with van der Waals surface area (Å²) < 4.78 is 0. The fraction of sp³-hybridized carbons (Fsp3) is 0.107. The number of carboxylic acids is 1. The van der Waals surface area contributed by atoms with Gasteiger partial charge in [0, 0.05) is 16.3 Å². The molecule has 0 aliphatic rings. The number of fused-ring (bicyclic) bond motifs is 1. The Morgan fingerprint density at radius 3 is 2.08 bits per heavy atom. The third-order valence-electron chi connectivity index (χ3n) is 5.76. The second-order valence-corrected chi connectivity index (χ2v) is 11.1. The zero-order valence-electron chi connectivity index (χ0n) is 20.2. The number of rotatable bonds is 8. The number of hydrogen-bond donors (Lipinski definition) is 3. The van der Waals surface area contributed by atoms with Crippen molar-refractivity contribution >= 4 is 98.1 Å². The first-order chi connectivity index (χ1) is 18.6. The van der Waals surface area contributed by atoms with Crippen molar-refractivity contribution in [3.8, 4) is 0 Å². The van der Waals surface area contributed by atoms with E-state index in [1.165, 1.54) is 11.8 Å². The van der Waals surface area contributed by atoms with Crippen molar-refractivity contribution in [1.29, 1.82) is 0 Å². The lowest BCUT2D eigenvalue weighted by molar-refractivity contribution is -0.115. The minimum Gasteiger partial charge on any atom is -0.478 e. The molecule has 11 heteroatoms. The average Bonchev–Trinajstić information content (AvgIpc) is 2.92. The van der Waals surface area contributed by atoms with Crippen LogP contribution < -0.4 is 10.6 Å². The van der Waals surface area contributed by atoms with E-state index >= 15 is 0 Å². The van der Waals surface area contributed by atoms with Crippen LogP contribution in [0.3, 0.4) is 0 Å². The predicted octanol–water partition coefficient (Wildman–Crippen LogP) is 8.91. The van der Waals surface area contributed by atoms with E-state index in [1.54, 1.807) is 24.3 Å². The number of carbonyl (C=O) groups is 3. The number of halogens is 4. The third kappa shape index (κ3) is 6.45. The highest BCUT2D eigenvalue weighted by molar-refractivity contribution is 8.00. The topological polar surface area (TPSA) is 95.5 Å². The maximum absolute atomic E-state index is 13.1. The monoisotopic (exact) mass is 620 g/mol. The molecule has 6 nitrogen and oxygen atoms in total. The number of anilines is 2. The maximum Gasteiger partial charge on any atom is 0.338 e. The molecular formula is C28H20Cl4N2O4S. The lowest BCUT2D eigenvalue weighted by atomic mass is 10.1. The zero-order valence-corrected chi connectivity index (χ0v) is 24.1. The van der Waals surface area contributed by atoms with Gasteiger partial charge in [-0.1, -0.05) is 89.7 Å². The summed E-state index contributed by atoms with van der Waals surface area (Å²) in [7, 11) is 0. The van der Waals surface area contributed by atoms with Crippen molar-refractivity contribution in [2.45, 2.75) is 23.5 Å². The smallest absolute Gasteiger partial charge is 0.338 e. The van der Waals surface area contributed by atoms with Gasteiger partial charge in [0.15, 0.2) is 0 Å². The van der Waals surface area contributed by atoms with Crippen LogP contribution in [0.1, 0.15) is 34.1 Å². The van der Waals surface area contributed by atoms with Crippen molar-refractivity contribution in [3.05, 3.63) is 97.9 Å². The highest BCUT2D eigenvalue weighted by Crippen LogP contribution is 2.42. The number of benzene rings is 4. The van der Waals surface area contributed by atoms with Gasteiger partial charge in [0.2, 0.25) is 5.91 Å². The fourth-order valence-corrected chi connectivity index (χ4v) is 5.90. The predicted molar refractivity (Wildman–Crippen MR) is 160 cm³/mol. The first kappa shape index (κ1) is 29.1. The van der Waals surface area contributed by atoms with Gasteiger partial charge in [-0.05, 0) is 47.5 Å². The molecule has 0 aromatic heterocycles. The minimum atomic E-state index is -1.49. The van der Waals surface area contributed by atoms with Gasteiger partial charge in [0.05, 0.1) is 36.5 Å². The molecule has 4 aromatic rings. The summed E-state index contributed by atoms with van der Waals surface area (Å²) in [5.41, 5.74) is 0.0767. The van der Waals surface area contributed by atoms with Crippen molar-refractivity contribution in [2.75, 3.05) is 10.6 Å². The number of amides is 2. The molecule has 39 heavy (non-hydrogen) atoms. The second kappa shape index (κ2) is 12.5. The lowest BCUT2D eigenvalue weighted by Crippen LogP contribution is -2.24. The van der Waals surface area contributed by atoms with Crippen LogP contribution in [0, 0.1) is 0 Å². The van der Waals surface area contributed by atoms with E-state index in [-0.39, 0.29) is 21.0 Å². The van der Waals surface area contributed by atoms with E-state index in [0.717, 1.165) is 10.8 Å². The number of thioether (sulfide) groups is 1. The number of hydrogen-bond acceptors (Lipinski definition) is 4. The highest BCUT2D eigenvalue weighted by atomic mass is 35.5. The van der Waals surface area contributed by atoms with Gasteiger partial charge in [-0.3, -0.25) is 9.59 Å². The summed E-state index contributed by atoms with van der Waals surface area (Å²) in [5, 5.41) is 15.7. The van der Waals surface area contributed by atoms with Gasteiger partial charge < -0.3 is 15.7 Å². The molecule has 0 aliphatic carbocycles. The Morgan fingerprint density at radius 2 is 1.41 bits per heavy atom. The normalized spacial score (nSPS) is 11.7. The Hall–Kier alpha value is -2.94. The third-order valence-corrected chi connectivity index (χ3v) is 8.92. The van der Waals surface area contributed by atoms with E-state index < -0.39 is 33.3 Å². The van der Waals surface area contributed by atoms with E-state index in [1.807, 2.05) is 49.4 Å². The first-order valence-corrected chi connectivity index (χ1v) is 14.0. The summed E-state index contributed by atoms with van der Waals surface area (Å²) in [6.45, 7) is 1.91. The number of nitrogens with one attached hydrogen (secondary N) is 2. The average molecular weight is 622 g/mol. The van der Waals surface area contributed by atoms with Gasteiger partial charge in [-0.15, -0.1) is 11.8 Å². The molecule has 0 bridgehead atoms. The molecule has 0 aliphatic heterocycles. The van der Waals surface area contributed by atoms with Crippen molar-refractivity contribution in [2.24, 2.45) is 0 Å². The van der Waals surface area contributed by atoms with Gasteiger partial charge in [0.25, 0.3) is 5.91 Å². The van der Waals surface area contributed by atoms with Crippen LogP contribution in [-0.4, -0.2) is 28.1 Å². The fourth-order valence-electron chi connectivity index (χ4n) is 3.86. The summed E-state index contributed by atoms with van der Waals surface area (Å²) in [5.74, 6) is -2.48. The van der Waals surface area contributed by atoms with E-state index in [9.17, 15) is 19.5 Å². The van der Waals surface area contributed by atoms with Crippen LogP contribution in [0.2, 0.25) is 20.1 Å². The van der Waals surface area contributed by atoms with Gasteiger partial charge >= 0.3 is 5.97 Å². The van der Waals surface area contributed by atoms with E-state index in [2.05, 4.69) is 10.6 Å². The summed E-state index contributed by atoms with van der Waals surface area (Å²) in [6.07, 6.45) is 0.556. The molecule has 4 rings (SSSR count). The van der Waals surface area contributed by atoms with Crippen LogP contribution >= 0.6 is 58.2 Å². The van der Waals surface area contributed by atoms with Crippen LogP contribution in [0.4, 0.5) is 11.4 Å². The van der Waals surface area contributed by atoms with Crippen molar-refractivity contribution in [3.63, 3.8) is 0 Å². The van der Waals surface area contributed by atoms with Crippen LogP contribution in [0.25, 0.3) is 10.8 Å². The molecule has 3 N–H and O–H groups in total. The van der Waals surface area contributed by atoms with Gasteiger partial charge in [-0.25, -0.2) is 4.79 Å². The molecule has 0 saturated carbocycles. The van der Waals surface area contributed by atoms with Crippen LogP contribution in [-0.2, 0) is 4.79 Å². The second-order valence-electron chi connectivity index (χ2n) is 8.36. The van der Waals surface area contributed by atoms with E-state index in [0.29, 0.717) is 22.7 Å². The number of carboxylic acid groups (broad SMARTS) is 1. The standard InChI is InChI=1S/C28H20Cl4N2O4S/c1-2-19(26(35)33-17-11-10-14-6-3-4-7-15(14)12-17)39-18-9-5-8-16(13-18)34-27(36)20-21(28(37)38)23(30)25(32)24(31)22(20)29/h3-13,19H,2H2,1H3,(H,33,35)(H,34,36)(H,37,38). The molecule has 200 valence electrons. The molecule has 4 aromatic carbocycles. The first-order valence-electron chi connectivity index (χ1n) is 11.6.